The van der Waals surface area contributed by atoms with Crippen molar-refractivity contribution in [3.8, 4) is 5.75 Å². The van der Waals surface area contributed by atoms with E-state index in [0.717, 1.165) is 30.9 Å². The predicted molar refractivity (Wildman–Crippen MR) is 95.3 cm³/mol. The average molecular weight is 325 g/mol. The Kier molecular flexibility index (Phi) is 5.52. The third-order valence-electron chi connectivity index (χ3n) is 3.87. The lowest BCUT2D eigenvalue weighted by Crippen LogP contribution is -2.26. The highest BCUT2D eigenvalue weighted by atomic mass is 32.2. The highest BCUT2D eigenvalue weighted by molar-refractivity contribution is 8.00. The van der Waals surface area contributed by atoms with Crippen LogP contribution in [0.1, 0.15) is 31.4 Å². The quantitative estimate of drug-likeness (QED) is 0.862. The summed E-state index contributed by atoms with van der Waals surface area (Å²) in [5, 5.41) is 0. The second kappa shape index (κ2) is 6.99. The molecular weight excluding hydrogens is 300 g/mol. The van der Waals surface area contributed by atoms with Crippen molar-refractivity contribution < 1.29 is 4.74 Å². The Labute approximate surface area is 137 Å². The van der Waals surface area contributed by atoms with Gasteiger partial charge < -0.3 is 10.5 Å². The van der Waals surface area contributed by atoms with Crippen LogP contribution in [0.15, 0.2) is 18.2 Å². The van der Waals surface area contributed by atoms with Gasteiger partial charge >= 0.3 is 0 Å². The molecule has 0 amide bonds. The van der Waals surface area contributed by atoms with Crippen molar-refractivity contribution >= 4 is 29.0 Å². The summed E-state index contributed by atoms with van der Waals surface area (Å²) in [6, 6.07) is 6.12. The van der Waals surface area contributed by atoms with Crippen LogP contribution in [0.4, 0.5) is 0 Å². The van der Waals surface area contributed by atoms with Crippen molar-refractivity contribution in [2.24, 2.45) is 5.73 Å². The molecule has 1 fully saturated rings. The van der Waals surface area contributed by atoms with Crippen molar-refractivity contribution in [3.63, 3.8) is 0 Å². The van der Waals surface area contributed by atoms with Gasteiger partial charge in [0.2, 0.25) is 0 Å². The number of hydrogen-bond donors (Lipinski definition) is 1. The van der Waals surface area contributed by atoms with Gasteiger partial charge in [-0.1, -0.05) is 32.1 Å². The maximum Gasteiger partial charge on any atom is 0.129 e. The molecule has 0 saturated carbocycles. The number of thiocarbonyl (C=S) groups is 1. The SMILES string of the molecule is COc1cc(CN2CCSC(C)(C)CC2)ccc1C(N)=S. The number of thioether (sulfide) groups is 1. The summed E-state index contributed by atoms with van der Waals surface area (Å²) in [5.41, 5.74) is 7.77. The number of hydrogen-bond acceptors (Lipinski definition) is 4. The largest absolute Gasteiger partial charge is 0.496 e. The van der Waals surface area contributed by atoms with Gasteiger partial charge in [0.25, 0.3) is 0 Å². The minimum absolute atomic E-state index is 0.381. The number of ether oxygens (including phenoxy) is 1. The average Bonchev–Trinajstić information content (AvgIpc) is 2.60. The van der Waals surface area contributed by atoms with Gasteiger partial charge in [0.15, 0.2) is 0 Å². The number of rotatable bonds is 4. The molecule has 21 heavy (non-hydrogen) atoms. The summed E-state index contributed by atoms with van der Waals surface area (Å²) in [6.45, 7) is 7.89. The zero-order valence-corrected chi connectivity index (χ0v) is 14.6. The molecule has 116 valence electrons. The van der Waals surface area contributed by atoms with Gasteiger partial charge in [-0.3, -0.25) is 4.90 Å². The fourth-order valence-electron chi connectivity index (χ4n) is 2.52. The van der Waals surface area contributed by atoms with E-state index >= 15 is 0 Å². The molecule has 2 rings (SSSR count). The molecule has 0 radical (unpaired) electrons. The van der Waals surface area contributed by atoms with Crippen molar-refractivity contribution in [2.75, 3.05) is 26.0 Å². The van der Waals surface area contributed by atoms with E-state index in [1.165, 1.54) is 17.7 Å². The van der Waals surface area contributed by atoms with E-state index in [1.54, 1.807) is 7.11 Å². The Morgan fingerprint density at radius 1 is 1.43 bits per heavy atom. The zero-order valence-electron chi connectivity index (χ0n) is 13.0. The smallest absolute Gasteiger partial charge is 0.129 e. The van der Waals surface area contributed by atoms with Crippen molar-refractivity contribution in [3.05, 3.63) is 29.3 Å². The van der Waals surface area contributed by atoms with Crippen LogP contribution in [0.3, 0.4) is 0 Å². The summed E-state index contributed by atoms with van der Waals surface area (Å²) in [4.78, 5) is 2.89. The summed E-state index contributed by atoms with van der Waals surface area (Å²) >= 11 is 7.12. The molecule has 3 nitrogen and oxygen atoms in total. The second-order valence-corrected chi connectivity index (χ2v) is 8.28. The van der Waals surface area contributed by atoms with Crippen molar-refractivity contribution in [1.82, 2.24) is 4.90 Å². The second-order valence-electron chi connectivity index (χ2n) is 6.03. The van der Waals surface area contributed by atoms with Crippen LogP contribution in [-0.4, -0.2) is 40.6 Å². The Bertz CT molecular complexity index is 517. The van der Waals surface area contributed by atoms with Gasteiger partial charge in [0.1, 0.15) is 10.7 Å². The molecule has 1 aliphatic rings. The van der Waals surface area contributed by atoms with Gasteiger partial charge in [-0.15, -0.1) is 0 Å². The fourth-order valence-corrected chi connectivity index (χ4v) is 3.82. The summed E-state index contributed by atoms with van der Waals surface area (Å²) in [5.74, 6) is 1.96. The van der Waals surface area contributed by atoms with Gasteiger partial charge in [0.05, 0.1) is 12.7 Å². The van der Waals surface area contributed by atoms with Gasteiger partial charge in [-0.05, 0) is 30.7 Å². The maximum atomic E-state index is 5.71. The zero-order chi connectivity index (χ0) is 15.5. The molecule has 2 N–H and O–H groups in total. The monoisotopic (exact) mass is 324 g/mol. The molecule has 0 bridgehead atoms. The van der Waals surface area contributed by atoms with Gasteiger partial charge in [-0.25, -0.2) is 0 Å². The van der Waals surface area contributed by atoms with Crippen LogP contribution in [0, 0.1) is 0 Å². The molecule has 1 aromatic carbocycles. The normalized spacial score (nSPS) is 19.0. The summed E-state index contributed by atoms with van der Waals surface area (Å²) in [6.07, 6.45) is 1.22. The Morgan fingerprint density at radius 3 is 2.86 bits per heavy atom. The lowest BCUT2D eigenvalue weighted by molar-refractivity contribution is 0.276. The number of methoxy groups -OCH3 is 1. The number of nitrogens with two attached hydrogens (primary N) is 1. The van der Waals surface area contributed by atoms with E-state index in [4.69, 9.17) is 22.7 Å². The van der Waals surface area contributed by atoms with E-state index in [9.17, 15) is 0 Å². The van der Waals surface area contributed by atoms with Crippen LogP contribution in [0.2, 0.25) is 0 Å². The highest BCUT2D eigenvalue weighted by Gasteiger charge is 2.23. The lowest BCUT2D eigenvalue weighted by atomic mass is 10.1. The molecule has 0 spiro atoms. The third kappa shape index (κ3) is 4.59. The summed E-state index contributed by atoms with van der Waals surface area (Å²) < 4.78 is 5.80. The molecule has 0 aromatic heterocycles. The first kappa shape index (κ1) is 16.6. The van der Waals surface area contributed by atoms with Crippen LogP contribution in [0.25, 0.3) is 0 Å². The predicted octanol–water partition coefficient (Wildman–Crippen LogP) is 3.05. The molecule has 1 aliphatic heterocycles. The summed E-state index contributed by atoms with van der Waals surface area (Å²) in [7, 11) is 1.66. The van der Waals surface area contributed by atoms with Crippen LogP contribution in [-0.2, 0) is 6.54 Å². The molecule has 0 aliphatic carbocycles. The Hall–Kier alpha value is -0.780. The van der Waals surface area contributed by atoms with Crippen molar-refractivity contribution in [1.29, 1.82) is 0 Å². The topological polar surface area (TPSA) is 38.5 Å². The van der Waals surface area contributed by atoms with Crippen LogP contribution in [0.5, 0.6) is 5.75 Å². The van der Waals surface area contributed by atoms with Crippen molar-refractivity contribution in [2.45, 2.75) is 31.6 Å². The first-order valence-electron chi connectivity index (χ1n) is 7.24. The van der Waals surface area contributed by atoms with Crippen LogP contribution < -0.4 is 10.5 Å². The molecule has 0 unspecified atom stereocenters. The molecule has 0 atom stereocenters. The number of benzene rings is 1. The molecule has 1 heterocycles. The van der Waals surface area contributed by atoms with E-state index < -0.39 is 0 Å². The first-order chi connectivity index (χ1) is 9.91. The first-order valence-corrected chi connectivity index (χ1v) is 8.64. The molecule has 5 heteroatoms. The number of nitrogens with zero attached hydrogens (tertiary/aromatic N) is 1. The van der Waals surface area contributed by atoms with Gasteiger partial charge in [0, 0.05) is 23.6 Å². The minimum Gasteiger partial charge on any atom is -0.496 e. The Morgan fingerprint density at radius 2 is 2.19 bits per heavy atom. The van der Waals surface area contributed by atoms with E-state index in [2.05, 4.69) is 42.6 Å². The van der Waals surface area contributed by atoms with E-state index in [0.29, 0.717) is 9.74 Å². The van der Waals surface area contributed by atoms with Crippen LogP contribution >= 0.6 is 24.0 Å². The fraction of sp³-hybridized carbons (Fsp3) is 0.562. The minimum atomic E-state index is 0.381. The van der Waals surface area contributed by atoms with E-state index in [-0.39, 0.29) is 0 Å². The lowest BCUT2D eigenvalue weighted by Gasteiger charge is -2.23. The highest BCUT2D eigenvalue weighted by Crippen LogP contribution is 2.31. The Balaban J connectivity index is 2.07. The van der Waals surface area contributed by atoms with E-state index in [1.807, 2.05) is 6.07 Å². The molecule has 1 saturated heterocycles. The molecular formula is C16H24N2OS2. The maximum absolute atomic E-state index is 5.71. The van der Waals surface area contributed by atoms with Gasteiger partial charge in [-0.2, -0.15) is 11.8 Å². The standard InChI is InChI=1S/C16H24N2OS2/c1-16(2)6-7-18(8-9-21-16)11-12-4-5-13(15(17)20)14(10-12)19-3/h4-5,10H,6-9,11H2,1-3H3,(H2,17,20). The molecule has 1 aromatic rings. The third-order valence-corrected chi connectivity index (χ3v) is 5.46.